The molecule has 1 aliphatic heterocycles. The highest BCUT2D eigenvalue weighted by Gasteiger charge is 2.16. The minimum absolute atomic E-state index is 0.315. The van der Waals surface area contributed by atoms with Gasteiger partial charge in [-0.3, -0.25) is 0 Å². The minimum Gasteiger partial charge on any atom is -0.479 e. The lowest BCUT2D eigenvalue weighted by Gasteiger charge is -2.17. The van der Waals surface area contributed by atoms with E-state index in [2.05, 4.69) is 0 Å². The number of thiocarbonyl (C=S) groups is 1. The van der Waals surface area contributed by atoms with Crippen molar-refractivity contribution >= 4 is 23.4 Å². The van der Waals surface area contributed by atoms with Crippen molar-refractivity contribution < 1.29 is 14.6 Å². The van der Waals surface area contributed by atoms with E-state index < -0.39 is 5.97 Å². The van der Waals surface area contributed by atoms with Crippen LogP contribution in [0.5, 0.6) is 0 Å². The highest BCUT2D eigenvalue weighted by atomic mass is 32.1. The standard InChI is InChI=1S/C7H11NO3S/c9-6(10)5-11-7(12)8-3-1-2-4-8/h1-5H2,(H,9,10). The van der Waals surface area contributed by atoms with E-state index >= 15 is 0 Å². The first kappa shape index (κ1) is 9.25. The molecule has 1 heterocycles. The summed E-state index contributed by atoms with van der Waals surface area (Å²) in [7, 11) is 0. The fraction of sp³-hybridized carbons (Fsp3) is 0.714. The Hall–Kier alpha value is -0.840. The summed E-state index contributed by atoms with van der Waals surface area (Å²) >= 11 is 4.87. The SMILES string of the molecule is O=C(O)COC(=S)N1CCCC1. The van der Waals surface area contributed by atoms with Gasteiger partial charge in [0.05, 0.1) is 0 Å². The molecule has 0 aromatic heterocycles. The molecule has 0 amide bonds. The van der Waals surface area contributed by atoms with Gasteiger partial charge < -0.3 is 14.7 Å². The van der Waals surface area contributed by atoms with Crippen molar-refractivity contribution in [1.29, 1.82) is 0 Å². The largest absolute Gasteiger partial charge is 0.479 e. The second-order valence-corrected chi connectivity index (χ2v) is 2.99. The van der Waals surface area contributed by atoms with Crippen molar-refractivity contribution in [2.75, 3.05) is 19.7 Å². The lowest BCUT2D eigenvalue weighted by molar-refractivity contribution is -0.139. The third-order valence-electron chi connectivity index (χ3n) is 1.68. The number of hydrogen-bond donors (Lipinski definition) is 1. The van der Waals surface area contributed by atoms with Gasteiger partial charge in [-0.1, -0.05) is 0 Å². The molecule has 1 saturated heterocycles. The average molecular weight is 189 g/mol. The molecule has 5 heteroatoms. The fourth-order valence-electron chi connectivity index (χ4n) is 1.11. The zero-order valence-corrected chi connectivity index (χ0v) is 7.47. The molecule has 68 valence electrons. The van der Waals surface area contributed by atoms with E-state index in [1.165, 1.54) is 0 Å². The molecule has 4 nitrogen and oxygen atoms in total. The van der Waals surface area contributed by atoms with Crippen LogP contribution < -0.4 is 0 Å². The predicted octanol–water partition coefficient (Wildman–Crippen LogP) is 0.468. The van der Waals surface area contributed by atoms with Gasteiger partial charge in [-0.2, -0.15) is 0 Å². The number of nitrogens with zero attached hydrogens (tertiary/aromatic N) is 1. The Morgan fingerprint density at radius 1 is 1.50 bits per heavy atom. The van der Waals surface area contributed by atoms with Crippen molar-refractivity contribution in [3.05, 3.63) is 0 Å². The van der Waals surface area contributed by atoms with Gasteiger partial charge in [0, 0.05) is 13.1 Å². The van der Waals surface area contributed by atoms with Crippen LogP contribution in [0.3, 0.4) is 0 Å². The number of likely N-dealkylation sites (tertiary alicyclic amines) is 1. The number of aliphatic carboxylic acids is 1. The molecule has 0 atom stereocenters. The van der Waals surface area contributed by atoms with Gasteiger partial charge in [-0.15, -0.1) is 0 Å². The van der Waals surface area contributed by atoms with Crippen molar-refractivity contribution in [2.24, 2.45) is 0 Å². The predicted molar refractivity (Wildman–Crippen MR) is 47.0 cm³/mol. The summed E-state index contributed by atoms with van der Waals surface area (Å²) in [5.41, 5.74) is 0. The van der Waals surface area contributed by atoms with Crippen LogP contribution in [0.2, 0.25) is 0 Å². The van der Waals surface area contributed by atoms with E-state index in [-0.39, 0.29) is 6.61 Å². The van der Waals surface area contributed by atoms with Crippen molar-refractivity contribution in [3.8, 4) is 0 Å². The number of carbonyl (C=O) groups is 1. The smallest absolute Gasteiger partial charge is 0.341 e. The molecule has 1 rings (SSSR count). The quantitative estimate of drug-likeness (QED) is 0.640. The minimum atomic E-state index is -0.989. The van der Waals surface area contributed by atoms with Crippen molar-refractivity contribution in [2.45, 2.75) is 12.8 Å². The van der Waals surface area contributed by atoms with Crippen LogP contribution in [-0.4, -0.2) is 40.8 Å². The number of carboxylic acids is 1. The van der Waals surface area contributed by atoms with E-state index in [1.54, 1.807) is 0 Å². The maximum Gasteiger partial charge on any atom is 0.341 e. The zero-order valence-electron chi connectivity index (χ0n) is 6.65. The monoisotopic (exact) mass is 189 g/mol. The van der Waals surface area contributed by atoms with Gasteiger partial charge >= 0.3 is 5.97 Å². The first-order chi connectivity index (χ1) is 5.70. The highest BCUT2D eigenvalue weighted by Crippen LogP contribution is 2.08. The van der Waals surface area contributed by atoms with E-state index in [4.69, 9.17) is 22.1 Å². The first-order valence-corrected chi connectivity index (χ1v) is 4.24. The van der Waals surface area contributed by atoms with Crippen LogP contribution >= 0.6 is 12.2 Å². The van der Waals surface area contributed by atoms with E-state index in [0.717, 1.165) is 25.9 Å². The van der Waals surface area contributed by atoms with E-state index in [1.807, 2.05) is 4.90 Å². The van der Waals surface area contributed by atoms with Crippen molar-refractivity contribution in [3.63, 3.8) is 0 Å². The third kappa shape index (κ3) is 2.65. The lowest BCUT2D eigenvalue weighted by atomic mass is 10.4. The first-order valence-electron chi connectivity index (χ1n) is 3.83. The average Bonchev–Trinajstić information content (AvgIpc) is 2.51. The van der Waals surface area contributed by atoms with Crippen LogP contribution in [0.15, 0.2) is 0 Å². The number of hydrogen-bond acceptors (Lipinski definition) is 3. The lowest BCUT2D eigenvalue weighted by Crippen LogP contribution is -2.29. The molecule has 0 spiro atoms. The number of ether oxygens (including phenoxy) is 1. The second kappa shape index (κ2) is 4.25. The molecule has 0 radical (unpaired) electrons. The zero-order chi connectivity index (χ0) is 8.97. The Labute approximate surface area is 76.1 Å². The molecule has 1 N–H and O–H groups in total. The molecule has 1 aliphatic rings. The molecule has 0 saturated carbocycles. The molecule has 0 aromatic carbocycles. The van der Waals surface area contributed by atoms with E-state index in [9.17, 15) is 4.79 Å². The Bertz CT molecular complexity index is 189. The second-order valence-electron chi connectivity index (χ2n) is 2.64. The fourth-order valence-corrected chi connectivity index (χ4v) is 1.36. The number of carboxylic acid groups (broad SMARTS) is 1. The molecule has 0 unspecified atom stereocenters. The summed E-state index contributed by atoms with van der Waals surface area (Å²) in [5, 5.41) is 8.62. The summed E-state index contributed by atoms with van der Waals surface area (Å²) in [5.74, 6) is -0.989. The van der Waals surface area contributed by atoms with Gasteiger partial charge in [0.1, 0.15) is 0 Å². The summed E-state index contributed by atoms with van der Waals surface area (Å²) in [6.07, 6.45) is 2.22. The van der Waals surface area contributed by atoms with Gasteiger partial charge in [0.15, 0.2) is 6.61 Å². The maximum absolute atomic E-state index is 10.1. The molecule has 0 aromatic rings. The molecule has 12 heavy (non-hydrogen) atoms. The van der Waals surface area contributed by atoms with Gasteiger partial charge in [0.25, 0.3) is 5.17 Å². The molecule has 1 fully saturated rings. The van der Waals surface area contributed by atoms with Crippen LogP contribution in [0.1, 0.15) is 12.8 Å². The molecular weight excluding hydrogens is 178 g/mol. The molecule has 0 aliphatic carbocycles. The third-order valence-corrected chi connectivity index (χ3v) is 2.06. The maximum atomic E-state index is 10.1. The van der Waals surface area contributed by atoms with Gasteiger partial charge in [-0.25, -0.2) is 4.79 Å². The molecule has 0 bridgehead atoms. The van der Waals surface area contributed by atoms with E-state index in [0.29, 0.717) is 5.17 Å². The Morgan fingerprint density at radius 2 is 2.08 bits per heavy atom. The topological polar surface area (TPSA) is 49.8 Å². The van der Waals surface area contributed by atoms with Crippen LogP contribution in [0.4, 0.5) is 0 Å². The Balaban J connectivity index is 2.23. The normalized spacial score (nSPS) is 16.2. The highest BCUT2D eigenvalue weighted by molar-refractivity contribution is 7.80. The molecular formula is C7H11NO3S. The van der Waals surface area contributed by atoms with Crippen LogP contribution in [-0.2, 0) is 9.53 Å². The Morgan fingerprint density at radius 3 is 2.58 bits per heavy atom. The summed E-state index contributed by atoms with van der Waals surface area (Å²) < 4.78 is 4.85. The van der Waals surface area contributed by atoms with Gasteiger partial charge in [0.2, 0.25) is 0 Å². The number of rotatable bonds is 2. The summed E-state index contributed by atoms with van der Waals surface area (Å²) in [6.45, 7) is 1.44. The van der Waals surface area contributed by atoms with Crippen LogP contribution in [0, 0.1) is 0 Å². The summed E-state index contributed by atoms with van der Waals surface area (Å²) in [4.78, 5) is 12.0. The van der Waals surface area contributed by atoms with Gasteiger partial charge in [-0.05, 0) is 25.1 Å². The summed E-state index contributed by atoms with van der Waals surface area (Å²) in [6, 6.07) is 0. The van der Waals surface area contributed by atoms with Crippen LogP contribution in [0.25, 0.3) is 0 Å². The Kier molecular flexibility index (Phi) is 3.28. The van der Waals surface area contributed by atoms with Crippen molar-refractivity contribution in [1.82, 2.24) is 4.90 Å².